The molecule has 1 N–H and O–H groups in total. The van der Waals surface area contributed by atoms with Crippen LogP contribution in [0.15, 0.2) is 40.0 Å². The van der Waals surface area contributed by atoms with Crippen molar-refractivity contribution in [2.75, 3.05) is 13.2 Å². The van der Waals surface area contributed by atoms with E-state index in [0.29, 0.717) is 28.8 Å². The van der Waals surface area contributed by atoms with Crippen LogP contribution in [0.3, 0.4) is 0 Å². The van der Waals surface area contributed by atoms with Crippen molar-refractivity contribution in [2.45, 2.75) is 32.7 Å². The molecule has 0 aliphatic rings. The number of hydrogen-bond donors (Lipinski definition) is 1. The van der Waals surface area contributed by atoms with Gasteiger partial charge in [-0.1, -0.05) is 32.9 Å². The van der Waals surface area contributed by atoms with Gasteiger partial charge in [-0.25, -0.2) is 9.67 Å². The molecule has 3 rings (SSSR count). The maximum absolute atomic E-state index is 12.5. The molecule has 9 heteroatoms. The van der Waals surface area contributed by atoms with E-state index in [1.807, 2.05) is 24.3 Å². The third kappa shape index (κ3) is 4.84. The van der Waals surface area contributed by atoms with E-state index in [4.69, 9.17) is 4.74 Å². The van der Waals surface area contributed by atoms with Gasteiger partial charge < -0.3 is 10.1 Å². The van der Waals surface area contributed by atoms with Crippen LogP contribution < -0.4 is 15.6 Å². The minimum Gasteiger partial charge on any atom is -0.492 e. The average molecular weight is 462 g/mol. The summed E-state index contributed by atoms with van der Waals surface area (Å²) < 4.78 is 8.84. The molecular formula is C20H24BrN5O3. The summed E-state index contributed by atoms with van der Waals surface area (Å²) in [6, 6.07) is 7.93. The molecule has 3 aromatic rings. The van der Waals surface area contributed by atoms with Crippen LogP contribution in [0.1, 0.15) is 26.3 Å². The van der Waals surface area contributed by atoms with Crippen molar-refractivity contribution in [3.63, 3.8) is 0 Å². The van der Waals surface area contributed by atoms with E-state index in [2.05, 4.69) is 52.1 Å². The van der Waals surface area contributed by atoms with Crippen LogP contribution in [0.5, 0.6) is 5.75 Å². The Balaban J connectivity index is 1.52. The normalized spacial score (nSPS) is 11.6. The second-order valence-electron chi connectivity index (χ2n) is 7.76. The summed E-state index contributed by atoms with van der Waals surface area (Å²) in [7, 11) is 1.70. The zero-order valence-electron chi connectivity index (χ0n) is 16.9. The summed E-state index contributed by atoms with van der Waals surface area (Å²) in [4.78, 5) is 28.9. The van der Waals surface area contributed by atoms with Gasteiger partial charge in [0.25, 0.3) is 5.56 Å². The van der Waals surface area contributed by atoms with E-state index < -0.39 is 0 Å². The number of aryl methyl sites for hydroxylation is 1. The number of fused-ring (bicyclic) bond motifs is 1. The average Bonchev–Trinajstić information content (AvgIpc) is 2.95. The lowest BCUT2D eigenvalue weighted by Gasteiger charge is -2.19. The van der Waals surface area contributed by atoms with Crippen molar-refractivity contribution in [2.24, 2.45) is 7.05 Å². The number of amides is 1. The van der Waals surface area contributed by atoms with Crippen molar-refractivity contribution in [3.8, 4) is 5.75 Å². The lowest BCUT2D eigenvalue weighted by molar-refractivity contribution is -0.121. The van der Waals surface area contributed by atoms with Crippen LogP contribution in [0.4, 0.5) is 0 Å². The van der Waals surface area contributed by atoms with Gasteiger partial charge in [-0.3, -0.25) is 14.2 Å². The molecule has 0 atom stereocenters. The SMILES string of the molecule is Cn1nc(Br)c2c(=O)n(CC(=O)NCCOc3ccc(C(C)(C)C)cc3)cnc21. The molecule has 0 aliphatic heterocycles. The lowest BCUT2D eigenvalue weighted by Crippen LogP contribution is -2.34. The summed E-state index contributed by atoms with van der Waals surface area (Å²) in [5.41, 5.74) is 1.47. The standard InChI is InChI=1S/C20H24BrN5O3/c1-20(2,3)13-5-7-14(8-6-13)29-10-9-22-15(27)11-26-12-23-18-16(19(26)28)17(21)24-25(18)4/h5-8,12H,9-11H2,1-4H3,(H,22,27). The van der Waals surface area contributed by atoms with E-state index in [0.717, 1.165) is 5.75 Å². The summed E-state index contributed by atoms with van der Waals surface area (Å²) in [6.07, 6.45) is 1.35. The summed E-state index contributed by atoms with van der Waals surface area (Å²) in [6.45, 7) is 7.02. The van der Waals surface area contributed by atoms with Gasteiger partial charge in [0.05, 0.1) is 6.54 Å². The molecule has 0 aliphatic carbocycles. The molecule has 0 unspecified atom stereocenters. The monoisotopic (exact) mass is 461 g/mol. The molecule has 1 aromatic carbocycles. The quantitative estimate of drug-likeness (QED) is 0.569. The topological polar surface area (TPSA) is 91.0 Å². The lowest BCUT2D eigenvalue weighted by atomic mass is 9.87. The number of benzene rings is 1. The van der Waals surface area contributed by atoms with E-state index in [1.54, 1.807) is 7.05 Å². The second-order valence-corrected chi connectivity index (χ2v) is 8.51. The van der Waals surface area contributed by atoms with Crippen molar-refractivity contribution >= 4 is 32.9 Å². The van der Waals surface area contributed by atoms with Crippen LogP contribution in [0.2, 0.25) is 0 Å². The zero-order valence-corrected chi connectivity index (χ0v) is 18.5. The molecule has 2 aromatic heterocycles. The predicted molar refractivity (Wildman–Crippen MR) is 114 cm³/mol. The highest BCUT2D eigenvalue weighted by atomic mass is 79.9. The van der Waals surface area contributed by atoms with Gasteiger partial charge in [-0.2, -0.15) is 5.10 Å². The summed E-state index contributed by atoms with van der Waals surface area (Å²) >= 11 is 3.26. The van der Waals surface area contributed by atoms with Crippen LogP contribution in [-0.2, 0) is 23.8 Å². The van der Waals surface area contributed by atoms with Crippen molar-refractivity contribution in [1.82, 2.24) is 24.6 Å². The maximum atomic E-state index is 12.5. The Kier molecular flexibility index (Phi) is 6.07. The molecule has 2 heterocycles. The Morgan fingerprint density at radius 3 is 2.59 bits per heavy atom. The molecule has 0 spiro atoms. The largest absolute Gasteiger partial charge is 0.492 e. The molecule has 29 heavy (non-hydrogen) atoms. The first kappa shape index (κ1) is 21.0. The number of halogens is 1. The summed E-state index contributed by atoms with van der Waals surface area (Å²) in [5, 5.41) is 7.22. The van der Waals surface area contributed by atoms with E-state index in [-0.39, 0.29) is 23.4 Å². The van der Waals surface area contributed by atoms with Gasteiger partial charge >= 0.3 is 0 Å². The van der Waals surface area contributed by atoms with Crippen LogP contribution in [-0.4, -0.2) is 38.4 Å². The highest BCUT2D eigenvalue weighted by molar-refractivity contribution is 9.10. The molecule has 0 saturated heterocycles. The molecule has 0 bridgehead atoms. The molecule has 0 saturated carbocycles. The molecule has 1 amide bonds. The first-order valence-corrected chi connectivity index (χ1v) is 10.0. The minimum absolute atomic E-state index is 0.0911. The van der Waals surface area contributed by atoms with Gasteiger partial charge in [-0.15, -0.1) is 0 Å². The van der Waals surface area contributed by atoms with Gasteiger partial charge in [-0.05, 0) is 39.0 Å². The maximum Gasteiger partial charge on any atom is 0.266 e. The van der Waals surface area contributed by atoms with E-state index in [9.17, 15) is 9.59 Å². The molecule has 0 fully saturated rings. The number of carbonyl (C=O) groups excluding carboxylic acids is 1. The Morgan fingerprint density at radius 2 is 1.93 bits per heavy atom. The first-order chi connectivity index (χ1) is 13.7. The van der Waals surface area contributed by atoms with Crippen molar-refractivity contribution in [1.29, 1.82) is 0 Å². The van der Waals surface area contributed by atoms with Gasteiger partial charge in [0, 0.05) is 7.05 Å². The number of aromatic nitrogens is 4. The second kappa shape index (κ2) is 8.36. The fraction of sp³-hybridized carbons (Fsp3) is 0.400. The number of hydrogen-bond acceptors (Lipinski definition) is 5. The Morgan fingerprint density at radius 1 is 1.24 bits per heavy atom. The molecule has 154 valence electrons. The first-order valence-electron chi connectivity index (χ1n) is 9.24. The summed E-state index contributed by atoms with van der Waals surface area (Å²) in [5.74, 6) is 0.458. The van der Waals surface area contributed by atoms with Crippen molar-refractivity contribution in [3.05, 3.63) is 51.1 Å². The third-order valence-corrected chi connectivity index (χ3v) is 5.05. The Bertz CT molecular complexity index is 1080. The van der Waals surface area contributed by atoms with Crippen molar-refractivity contribution < 1.29 is 9.53 Å². The number of nitrogens with one attached hydrogen (secondary N) is 1. The van der Waals surface area contributed by atoms with E-state index in [1.165, 1.54) is 21.1 Å². The number of ether oxygens (including phenoxy) is 1. The van der Waals surface area contributed by atoms with Gasteiger partial charge in [0.1, 0.15) is 35.2 Å². The smallest absolute Gasteiger partial charge is 0.266 e. The minimum atomic E-state index is -0.319. The fourth-order valence-corrected chi connectivity index (χ4v) is 3.45. The third-order valence-electron chi connectivity index (χ3n) is 4.50. The number of rotatable bonds is 6. The highest BCUT2D eigenvalue weighted by Crippen LogP contribution is 2.24. The van der Waals surface area contributed by atoms with Crippen LogP contribution >= 0.6 is 15.9 Å². The van der Waals surface area contributed by atoms with Gasteiger partial charge in [0.2, 0.25) is 5.91 Å². The molecular weight excluding hydrogens is 438 g/mol. The van der Waals surface area contributed by atoms with Crippen LogP contribution in [0.25, 0.3) is 11.0 Å². The Labute approximate surface area is 177 Å². The number of carbonyl (C=O) groups is 1. The molecule has 8 nitrogen and oxygen atoms in total. The van der Waals surface area contributed by atoms with E-state index >= 15 is 0 Å². The highest BCUT2D eigenvalue weighted by Gasteiger charge is 2.15. The predicted octanol–water partition coefficient (Wildman–Crippen LogP) is 2.39. The fourth-order valence-electron chi connectivity index (χ4n) is 2.87. The number of nitrogens with zero attached hydrogens (tertiary/aromatic N) is 4. The zero-order chi connectivity index (χ0) is 21.2. The van der Waals surface area contributed by atoms with Crippen LogP contribution in [0, 0.1) is 0 Å². The molecule has 0 radical (unpaired) electrons. The van der Waals surface area contributed by atoms with Gasteiger partial charge in [0.15, 0.2) is 5.65 Å². The Hall–Kier alpha value is -2.68.